The van der Waals surface area contributed by atoms with Gasteiger partial charge < -0.3 is 25.4 Å². The van der Waals surface area contributed by atoms with E-state index in [1.807, 2.05) is 35.2 Å². The van der Waals surface area contributed by atoms with Crippen LogP contribution in [0, 0.1) is 0 Å². The van der Waals surface area contributed by atoms with Crippen LogP contribution in [-0.4, -0.2) is 83.0 Å². The molecule has 1 aliphatic heterocycles. The summed E-state index contributed by atoms with van der Waals surface area (Å²) in [6, 6.07) is 14.7. The van der Waals surface area contributed by atoms with Crippen LogP contribution < -0.4 is 10.6 Å². The fraction of sp³-hybridized carbons (Fsp3) is 0.467. The minimum Gasteiger partial charge on any atom is -0.480 e. The van der Waals surface area contributed by atoms with Crippen LogP contribution in [0.25, 0.3) is 11.3 Å². The summed E-state index contributed by atoms with van der Waals surface area (Å²) in [6.45, 7) is 2.23. The first-order valence-corrected chi connectivity index (χ1v) is 14.0. The first-order chi connectivity index (χ1) is 19.5. The minimum absolute atomic E-state index is 0.00630. The molecule has 0 spiro atoms. The molecule has 0 fully saturated rings. The van der Waals surface area contributed by atoms with E-state index in [0.29, 0.717) is 24.6 Å². The highest BCUT2D eigenvalue weighted by atomic mass is 19.1. The molecule has 0 radical (unpaired) electrons. The summed E-state index contributed by atoms with van der Waals surface area (Å²) in [4.78, 5) is 27.4. The summed E-state index contributed by atoms with van der Waals surface area (Å²) >= 11 is 0. The third-order valence-electron chi connectivity index (χ3n) is 7.00. The number of aliphatic carboxylic acids is 1. The van der Waals surface area contributed by atoms with Gasteiger partial charge in [0.25, 0.3) is 0 Å². The Kier molecular flexibility index (Phi) is 11.2. The number of halogens is 1. The number of aryl methyl sites for hydroxylation is 2. The summed E-state index contributed by atoms with van der Waals surface area (Å²) in [7, 11) is 1.48. The molecule has 10 heteroatoms. The molecule has 0 amide bonds. The van der Waals surface area contributed by atoms with Crippen molar-refractivity contribution in [1.29, 1.82) is 0 Å². The maximum Gasteiger partial charge on any atom is 0.326 e. The normalized spacial score (nSPS) is 14.3. The number of fused-ring (bicyclic) bond motifs is 1. The Balaban J connectivity index is 1.32. The van der Waals surface area contributed by atoms with Gasteiger partial charge in [-0.1, -0.05) is 36.4 Å². The summed E-state index contributed by atoms with van der Waals surface area (Å²) in [5.41, 5.74) is 3.94. The number of anilines is 2. The predicted octanol–water partition coefficient (Wildman–Crippen LogP) is 4.46. The van der Waals surface area contributed by atoms with Crippen LogP contribution in [0.5, 0.6) is 0 Å². The van der Waals surface area contributed by atoms with Crippen molar-refractivity contribution in [2.45, 2.75) is 50.7 Å². The smallest absolute Gasteiger partial charge is 0.326 e. The lowest BCUT2D eigenvalue weighted by Crippen LogP contribution is -2.38. The number of hydrogen-bond acceptors (Lipinski definition) is 8. The molecule has 1 aliphatic rings. The number of nitrogens with zero attached hydrogens (tertiary/aromatic N) is 4. The number of alkyl halides is 1. The maximum absolute atomic E-state index is 14.5. The number of benzene rings is 1. The van der Waals surface area contributed by atoms with Crippen molar-refractivity contribution in [2.24, 2.45) is 0 Å². The average molecular weight is 551 g/mol. The van der Waals surface area contributed by atoms with E-state index >= 15 is 0 Å². The highest BCUT2D eigenvalue weighted by Crippen LogP contribution is 2.21. The van der Waals surface area contributed by atoms with Crippen LogP contribution in [0.1, 0.15) is 36.9 Å². The van der Waals surface area contributed by atoms with Gasteiger partial charge in [-0.25, -0.2) is 24.1 Å². The number of unbranched alkanes of at least 4 members (excludes halogenated alkanes) is 1. The number of pyridine rings is 1. The van der Waals surface area contributed by atoms with Gasteiger partial charge in [0.2, 0.25) is 0 Å². The number of methoxy groups -OCH3 is 1. The molecule has 0 saturated carbocycles. The van der Waals surface area contributed by atoms with Crippen molar-refractivity contribution >= 4 is 17.6 Å². The number of carboxylic acids is 1. The lowest BCUT2D eigenvalue weighted by Gasteiger charge is -2.26. The van der Waals surface area contributed by atoms with E-state index in [2.05, 4.69) is 32.7 Å². The Bertz CT molecular complexity index is 1220. The third-order valence-corrected chi connectivity index (χ3v) is 7.00. The molecule has 40 heavy (non-hydrogen) atoms. The van der Waals surface area contributed by atoms with Gasteiger partial charge in [-0.15, -0.1) is 0 Å². The number of carboxylic acid groups (broad SMARTS) is 1. The van der Waals surface area contributed by atoms with Crippen LogP contribution in [0.3, 0.4) is 0 Å². The Morgan fingerprint density at radius 1 is 1.18 bits per heavy atom. The molecule has 0 saturated heterocycles. The van der Waals surface area contributed by atoms with Gasteiger partial charge in [-0.2, -0.15) is 0 Å². The van der Waals surface area contributed by atoms with E-state index in [1.54, 1.807) is 6.07 Å². The topological polar surface area (TPSA) is 113 Å². The molecular weight excluding hydrogens is 511 g/mol. The van der Waals surface area contributed by atoms with Crippen molar-refractivity contribution < 1.29 is 19.0 Å². The first-order valence-electron chi connectivity index (χ1n) is 14.0. The Morgan fingerprint density at radius 2 is 2.02 bits per heavy atom. The summed E-state index contributed by atoms with van der Waals surface area (Å²) in [5, 5.41) is 16.3. The number of aromatic nitrogens is 3. The molecule has 3 aromatic rings. The molecule has 2 unspecified atom stereocenters. The molecule has 0 aliphatic carbocycles. The van der Waals surface area contributed by atoms with E-state index in [9.17, 15) is 14.3 Å². The molecule has 2 atom stereocenters. The second kappa shape index (κ2) is 15.2. The zero-order valence-electron chi connectivity index (χ0n) is 23.1. The van der Waals surface area contributed by atoms with Crippen LogP contribution in [0.2, 0.25) is 0 Å². The first kappa shape index (κ1) is 29.4. The maximum atomic E-state index is 14.5. The van der Waals surface area contributed by atoms with Crippen molar-refractivity contribution in [3.8, 4) is 11.3 Å². The second-order valence-corrected chi connectivity index (χ2v) is 10.1. The van der Waals surface area contributed by atoms with Gasteiger partial charge in [-0.05, 0) is 56.7 Å². The SMILES string of the molecule is COCC(F)CN(CCCCc1ccc2c(n1)NCCC2)CCC(Nc1cc(-c2ccccc2)ncn1)C(=O)O. The summed E-state index contributed by atoms with van der Waals surface area (Å²) < 4.78 is 19.5. The zero-order chi connectivity index (χ0) is 28.2. The number of hydrogen-bond donors (Lipinski definition) is 3. The van der Waals surface area contributed by atoms with E-state index < -0.39 is 18.2 Å². The molecule has 3 heterocycles. The molecule has 3 N–H and O–H groups in total. The highest BCUT2D eigenvalue weighted by Gasteiger charge is 2.21. The van der Waals surface area contributed by atoms with Crippen molar-refractivity contribution in [2.75, 3.05) is 50.5 Å². The minimum atomic E-state index is -1.15. The van der Waals surface area contributed by atoms with Gasteiger partial charge in [0.1, 0.15) is 30.2 Å². The monoisotopic (exact) mass is 550 g/mol. The van der Waals surface area contributed by atoms with Crippen LogP contribution in [-0.2, 0) is 22.4 Å². The summed E-state index contributed by atoms with van der Waals surface area (Å²) in [6.07, 6.45) is 5.36. The number of nitrogens with one attached hydrogen (secondary N) is 2. The highest BCUT2D eigenvalue weighted by molar-refractivity contribution is 5.77. The standard InChI is InChI=1S/C30H39FN6O3/c1-40-20-24(31)19-37(16-6-5-11-25-13-12-23-10-7-15-32-29(23)35-25)17-14-26(30(38)39)36-28-18-27(33-21-34-28)22-8-3-2-4-9-22/h2-4,8-9,12-13,18,21,24,26H,5-7,10-11,14-17,19-20H2,1H3,(H,32,35)(H,38,39)(H,33,34,36). The van der Waals surface area contributed by atoms with E-state index in [4.69, 9.17) is 9.72 Å². The fourth-order valence-corrected chi connectivity index (χ4v) is 4.91. The largest absolute Gasteiger partial charge is 0.480 e. The van der Waals surface area contributed by atoms with Crippen molar-refractivity contribution in [3.63, 3.8) is 0 Å². The van der Waals surface area contributed by atoms with E-state index in [-0.39, 0.29) is 19.6 Å². The molecule has 0 bridgehead atoms. The van der Waals surface area contributed by atoms with Crippen molar-refractivity contribution in [3.05, 3.63) is 66.1 Å². The van der Waals surface area contributed by atoms with Crippen LogP contribution >= 0.6 is 0 Å². The number of carbonyl (C=O) groups is 1. The van der Waals surface area contributed by atoms with E-state index in [1.165, 1.54) is 19.0 Å². The van der Waals surface area contributed by atoms with Crippen molar-refractivity contribution in [1.82, 2.24) is 19.9 Å². The predicted molar refractivity (Wildman–Crippen MR) is 154 cm³/mol. The summed E-state index contributed by atoms with van der Waals surface area (Å²) in [5.74, 6) is 0.445. The van der Waals surface area contributed by atoms with Crippen LogP contribution in [0.4, 0.5) is 16.0 Å². The number of ether oxygens (including phenoxy) is 1. The van der Waals surface area contributed by atoms with Gasteiger partial charge in [0.05, 0.1) is 12.3 Å². The zero-order valence-corrected chi connectivity index (χ0v) is 23.1. The van der Waals surface area contributed by atoms with E-state index in [0.717, 1.165) is 55.7 Å². The molecular formula is C30H39FN6O3. The molecule has 214 valence electrons. The quantitative estimate of drug-likeness (QED) is 0.223. The second-order valence-electron chi connectivity index (χ2n) is 10.1. The fourth-order valence-electron chi connectivity index (χ4n) is 4.91. The molecule has 2 aromatic heterocycles. The molecule has 9 nitrogen and oxygen atoms in total. The van der Waals surface area contributed by atoms with Gasteiger partial charge in [0.15, 0.2) is 0 Å². The van der Waals surface area contributed by atoms with Gasteiger partial charge >= 0.3 is 5.97 Å². The van der Waals surface area contributed by atoms with Crippen LogP contribution in [0.15, 0.2) is 54.9 Å². The molecule has 1 aromatic carbocycles. The Hall–Kier alpha value is -3.63. The third kappa shape index (κ3) is 8.96. The molecule has 4 rings (SSSR count). The number of rotatable bonds is 16. The van der Waals surface area contributed by atoms with Gasteiger partial charge in [0, 0.05) is 44.1 Å². The lowest BCUT2D eigenvalue weighted by atomic mass is 10.1. The average Bonchev–Trinajstić information content (AvgIpc) is 2.97. The Morgan fingerprint density at radius 3 is 2.83 bits per heavy atom. The van der Waals surface area contributed by atoms with Gasteiger partial charge in [-0.3, -0.25) is 0 Å². The Labute approximate surface area is 235 Å². The lowest BCUT2D eigenvalue weighted by molar-refractivity contribution is -0.138.